The molecule has 1 aliphatic rings. The highest BCUT2D eigenvalue weighted by atomic mass is 16.5. The number of urea groups is 1. The zero-order valence-electron chi connectivity index (χ0n) is 18.6. The van der Waals surface area contributed by atoms with Crippen molar-refractivity contribution in [1.29, 1.82) is 0 Å². The number of hydrogen-bond donors (Lipinski definition) is 2. The quantitative estimate of drug-likeness (QED) is 0.449. The minimum atomic E-state index is -0.627. The summed E-state index contributed by atoms with van der Waals surface area (Å²) in [5.41, 5.74) is 4.29. The van der Waals surface area contributed by atoms with Crippen molar-refractivity contribution in [2.45, 2.75) is 13.8 Å². The minimum absolute atomic E-state index is 0.121. The van der Waals surface area contributed by atoms with E-state index >= 15 is 0 Å². The minimum Gasteiger partial charge on any atom is -0.497 e. The van der Waals surface area contributed by atoms with Crippen LogP contribution in [0.15, 0.2) is 66.5 Å². The van der Waals surface area contributed by atoms with E-state index in [9.17, 15) is 14.4 Å². The summed E-state index contributed by atoms with van der Waals surface area (Å²) in [6.07, 6.45) is 3.48. The normalized spacial score (nSPS) is 14.5. The van der Waals surface area contributed by atoms with Gasteiger partial charge in [0.2, 0.25) is 5.91 Å². The Kier molecular flexibility index (Phi) is 5.99. The highest BCUT2D eigenvalue weighted by molar-refractivity contribution is 6.16. The van der Waals surface area contributed by atoms with Gasteiger partial charge in [0.25, 0.3) is 5.91 Å². The first-order valence-corrected chi connectivity index (χ1v) is 10.4. The topological polar surface area (TPSA) is 92.7 Å². The van der Waals surface area contributed by atoms with Crippen molar-refractivity contribution in [2.75, 3.05) is 19.0 Å². The molecule has 4 rings (SSSR count). The third kappa shape index (κ3) is 4.64. The Bertz CT molecular complexity index is 1260. The van der Waals surface area contributed by atoms with Crippen molar-refractivity contribution >= 4 is 29.6 Å². The largest absolute Gasteiger partial charge is 0.497 e. The molecule has 2 heterocycles. The molecule has 4 amide bonds. The molecule has 0 atom stereocenters. The molecule has 2 N–H and O–H groups in total. The fourth-order valence-electron chi connectivity index (χ4n) is 3.63. The van der Waals surface area contributed by atoms with Crippen LogP contribution in [0.2, 0.25) is 0 Å². The number of amides is 4. The molecule has 8 heteroatoms. The van der Waals surface area contributed by atoms with E-state index in [0.29, 0.717) is 5.69 Å². The number of aryl methyl sites for hydroxylation is 2. The fourth-order valence-corrected chi connectivity index (χ4v) is 3.63. The van der Waals surface area contributed by atoms with E-state index in [1.807, 2.05) is 67.1 Å². The number of rotatable bonds is 6. The summed E-state index contributed by atoms with van der Waals surface area (Å²) in [5.74, 6) is -0.234. The number of anilines is 1. The lowest BCUT2D eigenvalue weighted by Crippen LogP contribution is -2.38. The standard InChI is InChI=1S/C25H24N4O4/c1-16-6-4-5-7-21(16)26-23(30)15-29-24(31)22(27-25(29)32)13-18-12-17(2)28(14-18)19-8-10-20(33-3)11-9-19/h4-14H,15H2,1-3H3,(H,26,30)(H,27,32)/b22-13+. The third-order valence-electron chi connectivity index (χ3n) is 5.38. The number of nitrogens with zero attached hydrogens (tertiary/aromatic N) is 2. The summed E-state index contributed by atoms with van der Waals surface area (Å²) in [4.78, 5) is 38.4. The van der Waals surface area contributed by atoms with Crippen LogP contribution in [-0.2, 0) is 9.59 Å². The van der Waals surface area contributed by atoms with E-state index < -0.39 is 17.8 Å². The maximum atomic E-state index is 12.8. The summed E-state index contributed by atoms with van der Waals surface area (Å²) in [6, 6.07) is 16.2. The zero-order valence-corrected chi connectivity index (χ0v) is 18.6. The second kappa shape index (κ2) is 9.04. The van der Waals surface area contributed by atoms with Gasteiger partial charge in [-0.3, -0.25) is 9.59 Å². The van der Waals surface area contributed by atoms with Gasteiger partial charge >= 0.3 is 6.03 Å². The third-order valence-corrected chi connectivity index (χ3v) is 5.38. The lowest BCUT2D eigenvalue weighted by molar-refractivity contribution is -0.127. The van der Waals surface area contributed by atoms with E-state index in [2.05, 4.69) is 10.6 Å². The average Bonchev–Trinajstić information content (AvgIpc) is 3.29. The Balaban J connectivity index is 1.48. The number of carbonyl (C=O) groups is 3. The molecule has 0 bridgehead atoms. The molecule has 2 aromatic carbocycles. The Morgan fingerprint density at radius 2 is 1.82 bits per heavy atom. The molecule has 1 fully saturated rings. The number of benzene rings is 2. The number of aromatic nitrogens is 1. The molecule has 0 saturated carbocycles. The van der Waals surface area contributed by atoms with Crippen LogP contribution < -0.4 is 15.4 Å². The SMILES string of the molecule is COc1ccc(-n2cc(/C=C3/NC(=O)N(CC(=O)Nc4ccccc4C)C3=O)cc2C)cc1. The molecule has 0 radical (unpaired) electrons. The van der Waals surface area contributed by atoms with Crippen LogP contribution in [0, 0.1) is 13.8 Å². The van der Waals surface area contributed by atoms with Gasteiger partial charge in [-0.05, 0) is 67.4 Å². The molecule has 168 valence electrons. The molecular formula is C25H24N4O4. The smallest absolute Gasteiger partial charge is 0.329 e. The van der Waals surface area contributed by atoms with Gasteiger partial charge in [-0.2, -0.15) is 0 Å². The molecule has 0 unspecified atom stereocenters. The molecular weight excluding hydrogens is 420 g/mol. The van der Waals surface area contributed by atoms with Crippen LogP contribution in [0.4, 0.5) is 10.5 Å². The Morgan fingerprint density at radius 3 is 2.52 bits per heavy atom. The summed E-state index contributed by atoms with van der Waals surface area (Å²) in [5, 5.41) is 5.29. The van der Waals surface area contributed by atoms with Crippen LogP contribution in [-0.4, -0.2) is 41.0 Å². The Morgan fingerprint density at radius 1 is 1.09 bits per heavy atom. The summed E-state index contributed by atoms with van der Waals surface area (Å²) in [6.45, 7) is 3.44. The number of imide groups is 1. The molecule has 1 saturated heterocycles. The molecule has 3 aromatic rings. The van der Waals surface area contributed by atoms with E-state index in [4.69, 9.17) is 4.74 Å². The van der Waals surface area contributed by atoms with Gasteiger partial charge in [0.15, 0.2) is 0 Å². The van der Waals surface area contributed by atoms with E-state index in [0.717, 1.165) is 33.2 Å². The van der Waals surface area contributed by atoms with Crippen molar-refractivity contribution in [3.05, 3.63) is 83.3 Å². The molecule has 1 aliphatic heterocycles. The predicted octanol–water partition coefficient (Wildman–Crippen LogP) is 3.63. The van der Waals surface area contributed by atoms with Crippen LogP contribution in [0.3, 0.4) is 0 Å². The van der Waals surface area contributed by atoms with Gasteiger partial charge in [-0.25, -0.2) is 9.69 Å². The van der Waals surface area contributed by atoms with Gasteiger partial charge in [-0.1, -0.05) is 18.2 Å². The first-order chi connectivity index (χ1) is 15.9. The first kappa shape index (κ1) is 21.9. The number of hydrogen-bond acceptors (Lipinski definition) is 4. The number of para-hydroxylation sites is 1. The Hall–Kier alpha value is -4.33. The van der Waals surface area contributed by atoms with Gasteiger partial charge in [0.1, 0.15) is 18.0 Å². The molecule has 33 heavy (non-hydrogen) atoms. The van der Waals surface area contributed by atoms with Crippen molar-refractivity contribution in [2.24, 2.45) is 0 Å². The maximum absolute atomic E-state index is 12.8. The fraction of sp³-hybridized carbons (Fsp3) is 0.160. The van der Waals surface area contributed by atoms with Crippen molar-refractivity contribution in [3.8, 4) is 11.4 Å². The van der Waals surface area contributed by atoms with Crippen LogP contribution in [0.5, 0.6) is 5.75 Å². The number of carbonyl (C=O) groups excluding carboxylic acids is 3. The number of methoxy groups -OCH3 is 1. The van der Waals surface area contributed by atoms with Crippen LogP contribution in [0.1, 0.15) is 16.8 Å². The van der Waals surface area contributed by atoms with Gasteiger partial charge in [-0.15, -0.1) is 0 Å². The van der Waals surface area contributed by atoms with E-state index in [1.54, 1.807) is 25.3 Å². The maximum Gasteiger partial charge on any atom is 0.329 e. The second-order valence-electron chi connectivity index (χ2n) is 7.73. The zero-order chi connectivity index (χ0) is 23.5. The van der Waals surface area contributed by atoms with Gasteiger partial charge < -0.3 is 19.9 Å². The van der Waals surface area contributed by atoms with E-state index in [-0.39, 0.29) is 12.2 Å². The lowest BCUT2D eigenvalue weighted by Gasteiger charge is -2.13. The summed E-state index contributed by atoms with van der Waals surface area (Å²) in [7, 11) is 1.61. The molecule has 8 nitrogen and oxygen atoms in total. The molecule has 1 aromatic heterocycles. The Labute approximate surface area is 191 Å². The van der Waals surface area contributed by atoms with Crippen molar-refractivity contribution in [1.82, 2.24) is 14.8 Å². The van der Waals surface area contributed by atoms with Gasteiger partial charge in [0.05, 0.1) is 7.11 Å². The molecule has 0 aliphatic carbocycles. The lowest BCUT2D eigenvalue weighted by atomic mass is 10.2. The summed E-state index contributed by atoms with van der Waals surface area (Å²) >= 11 is 0. The highest BCUT2D eigenvalue weighted by Gasteiger charge is 2.35. The average molecular weight is 444 g/mol. The number of ether oxygens (including phenoxy) is 1. The van der Waals surface area contributed by atoms with Crippen LogP contribution in [0.25, 0.3) is 11.8 Å². The summed E-state index contributed by atoms with van der Waals surface area (Å²) < 4.78 is 7.17. The first-order valence-electron chi connectivity index (χ1n) is 10.4. The molecule has 0 spiro atoms. The van der Waals surface area contributed by atoms with Crippen molar-refractivity contribution < 1.29 is 19.1 Å². The monoisotopic (exact) mass is 444 g/mol. The van der Waals surface area contributed by atoms with Gasteiger partial charge in [0, 0.05) is 23.3 Å². The highest BCUT2D eigenvalue weighted by Crippen LogP contribution is 2.21. The van der Waals surface area contributed by atoms with Crippen LogP contribution >= 0.6 is 0 Å². The second-order valence-corrected chi connectivity index (χ2v) is 7.73. The number of nitrogens with one attached hydrogen (secondary N) is 2. The predicted molar refractivity (Wildman–Crippen MR) is 125 cm³/mol. The van der Waals surface area contributed by atoms with Crippen molar-refractivity contribution in [3.63, 3.8) is 0 Å². The van der Waals surface area contributed by atoms with E-state index in [1.165, 1.54) is 0 Å².